The first-order valence-corrected chi connectivity index (χ1v) is 7.21. The highest BCUT2D eigenvalue weighted by atomic mass is 79.9. The Morgan fingerprint density at radius 2 is 2.00 bits per heavy atom. The first kappa shape index (κ1) is 12.6. The molecule has 0 spiro atoms. The van der Waals surface area contributed by atoms with Gasteiger partial charge in [-0.15, -0.1) is 0 Å². The summed E-state index contributed by atoms with van der Waals surface area (Å²) in [6.07, 6.45) is 4.59. The van der Waals surface area contributed by atoms with Crippen molar-refractivity contribution in [1.29, 1.82) is 0 Å². The van der Waals surface area contributed by atoms with E-state index in [-0.39, 0.29) is 0 Å². The van der Waals surface area contributed by atoms with Gasteiger partial charge < -0.3 is 9.55 Å². The number of fused-ring (bicyclic) bond motifs is 1. The van der Waals surface area contributed by atoms with Gasteiger partial charge in [0.25, 0.3) is 0 Å². The second-order valence-electron chi connectivity index (χ2n) is 4.35. The van der Waals surface area contributed by atoms with E-state index in [0.29, 0.717) is 0 Å². The quantitative estimate of drug-likeness (QED) is 0.732. The molecule has 96 valence electrons. The number of nitrogens with one attached hydrogen (secondary N) is 1. The van der Waals surface area contributed by atoms with Gasteiger partial charge in [-0.05, 0) is 54.5 Å². The molecule has 0 bridgehead atoms. The van der Waals surface area contributed by atoms with E-state index in [1.165, 1.54) is 5.56 Å². The van der Waals surface area contributed by atoms with Crippen LogP contribution in [0.25, 0.3) is 11.0 Å². The number of benzene rings is 1. The summed E-state index contributed by atoms with van der Waals surface area (Å²) in [5.74, 6) is 0. The molecule has 0 amide bonds. The van der Waals surface area contributed by atoms with Crippen LogP contribution in [-0.4, -0.2) is 14.5 Å². The molecule has 3 rings (SSSR count). The summed E-state index contributed by atoms with van der Waals surface area (Å²) >= 11 is 8.86. The van der Waals surface area contributed by atoms with Crippen molar-refractivity contribution in [3.63, 3.8) is 0 Å². The van der Waals surface area contributed by atoms with Crippen LogP contribution in [0.5, 0.6) is 0 Å². The molecular weight excluding hydrogens is 322 g/mol. The van der Waals surface area contributed by atoms with E-state index in [2.05, 4.69) is 36.5 Å². The van der Waals surface area contributed by atoms with E-state index in [9.17, 15) is 0 Å². The summed E-state index contributed by atoms with van der Waals surface area (Å²) in [4.78, 5) is 7.27. The van der Waals surface area contributed by atoms with Crippen LogP contribution in [0.4, 0.5) is 0 Å². The van der Waals surface area contributed by atoms with E-state index in [1.54, 1.807) is 0 Å². The molecule has 1 N–H and O–H groups in total. The maximum atomic E-state index is 5.39. The van der Waals surface area contributed by atoms with Crippen LogP contribution in [0.1, 0.15) is 5.56 Å². The smallest absolute Gasteiger partial charge is 0.178 e. The highest BCUT2D eigenvalue weighted by Crippen LogP contribution is 2.19. The highest BCUT2D eigenvalue weighted by molar-refractivity contribution is 9.10. The monoisotopic (exact) mass is 333 g/mol. The molecule has 0 fully saturated rings. The average Bonchev–Trinajstić information content (AvgIpc) is 2.72. The van der Waals surface area contributed by atoms with E-state index >= 15 is 0 Å². The van der Waals surface area contributed by atoms with Crippen molar-refractivity contribution in [1.82, 2.24) is 14.5 Å². The number of pyridine rings is 1. The standard InChI is InChI=1S/C14H12BrN3S/c15-11-1-2-13-12(9-11)17-14(19)18(13)8-5-10-3-6-16-7-4-10/h1-4,6-7,9H,5,8H2,(H,17,19). The molecule has 0 aliphatic carbocycles. The second kappa shape index (κ2) is 5.27. The van der Waals surface area contributed by atoms with Crippen LogP contribution < -0.4 is 0 Å². The minimum Gasteiger partial charge on any atom is -0.331 e. The highest BCUT2D eigenvalue weighted by Gasteiger charge is 2.04. The van der Waals surface area contributed by atoms with Crippen LogP contribution in [0.3, 0.4) is 0 Å². The fourth-order valence-corrected chi connectivity index (χ4v) is 2.81. The predicted octanol–water partition coefficient (Wildman–Crippen LogP) is 4.10. The Kier molecular flexibility index (Phi) is 3.48. The zero-order valence-corrected chi connectivity index (χ0v) is 12.5. The average molecular weight is 334 g/mol. The molecule has 2 heterocycles. The number of hydrogen-bond donors (Lipinski definition) is 1. The van der Waals surface area contributed by atoms with Gasteiger partial charge in [0.15, 0.2) is 4.77 Å². The number of imidazole rings is 1. The van der Waals surface area contributed by atoms with Gasteiger partial charge in [-0.25, -0.2) is 0 Å². The summed E-state index contributed by atoms with van der Waals surface area (Å²) in [5.41, 5.74) is 3.47. The van der Waals surface area contributed by atoms with Gasteiger partial charge in [-0.1, -0.05) is 15.9 Å². The summed E-state index contributed by atoms with van der Waals surface area (Å²) in [7, 11) is 0. The molecule has 0 saturated carbocycles. The number of aromatic nitrogens is 3. The fourth-order valence-electron chi connectivity index (χ4n) is 2.15. The van der Waals surface area contributed by atoms with E-state index < -0.39 is 0 Å². The lowest BCUT2D eigenvalue weighted by molar-refractivity contribution is 0.706. The summed E-state index contributed by atoms with van der Waals surface area (Å²) in [5, 5.41) is 0. The lowest BCUT2D eigenvalue weighted by Crippen LogP contribution is -2.01. The molecule has 5 heteroatoms. The number of H-pyrrole nitrogens is 1. The van der Waals surface area contributed by atoms with Crippen molar-refractivity contribution < 1.29 is 0 Å². The van der Waals surface area contributed by atoms with E-state index in [1.807, 2.05) is 36.7 Å². The van der Waals surface area contributed by atoms with Crippen LogP contribution in [0.15, 0.2) is 47.2 Å². The van der Waals surface area contributed by atoms with Crippen molar-refractivity contribution in [3.8, 4) is 0 Å². The molecule has 0 aliphatic rings. The van der Waals surface area contributed by atoms with Crippen LogP contribution in [-0.2, 0) is 13.0 Å². The van der Waals surface area contributed by atoms with Crippen molar-refractivity contribution in [2.45, 2.75) is 13.0 Å². The Labute approximate surface area is 124 Å². The summed E-state index contributed by atoms with van der Waals surface area (Å²) in [6.45, 7) is 0.866. The second-order valence-corrected chi connectivity index (χ2v) is 5.65. The van der Waals surface area contributed by atoms with Crippen molar-refractivity contribution >= 4 is 39.2 Å². The molecule has 3 nitrogen and oxygen atoms in total. The lowest BCUT2D eigenvalue weighted by Gasteiger charge is -2.04. The minimum atomic E-state index is 0.766. The van der Waals surface area contributed by atoms with Gasteiger partial charge in [0.1, 0.15) is 0 Å². The first-order valence-electron chi connectivity index (χ1n) is 6.01. The van der Waals surface area contributed by atoms with Gasteiger partial charge in [-0.2, -0.15) is 0 Å². The Morgan fingerprint density at radius 3 is 2.79 bits per heavy atom. The van der Waals surface area contributed by atoms with Crippen LogP contribution in [0, 0.1) is 4.77 Å². The van der Waals surface area contributed by atoms with E-state index in [4.69, 9.17) is 12.2 Å². The van der Waals surface area contributed by atoms with Gasteiger partial charge >= 0.3 is 0 Å². The number of halogens is 1. The molecular formula is C14H12BrN3S. The van der Waals surface area contributed by atoms with Crippen molar-refractivity contribution in [2.75, 3.05) is 0 Å². The maximum Gasteiger partial charge on any atom is 0.178 e. The maximum absolute atomic E-state index is 5.39. The summed E-state index contributed by atoms with van der Waals surface area (Å²) < 4.78 is 3.96. The Bertz CT molecular complexity index is 761. The SMILES string of the molecule is S=c1[nH]c2cc(Br)ccc2n1CCc1ccncc1. The number of nitrogens with zero attached hydrogens (tertiary/aromatic N) is 2. The molecule has 0 aliphatic heterocycles. The largest absolute Gasteiger partial charge is 0.331 e. The molecule has 0 unspecified atom stereocenters. The van der Waals surface area contributed by atoms with Crippen molar-refractivity contribution in [3.05, 3.63) is 57.5 Å². The predicted molar refractivity (Wildman–Crippen MR) is 82.8 cm³/mol. The van der Waals surface area contributed by atoms with Crippen molar-refractivity contribution in [2.24, 2.45) is 0 Å². The normalized spacial score (nSPS) is 11.0. The number of aromatic amines is 1. The fraction of sp³-hybridized carbons (Fsp3) is 0.143. The minimum absolute atomic E-state index is 0.766. The zero-order valence-electron chi connectivity index (χ0n) is 10.1. The van der Waals surface area contributed by atoms with Gasteiger partial charge in [0, 0.05) is 23.4 Å². The van der Waals surface area contributed by atoms with Gasteiger partial charge in [-0.3, -0.25) is 4.98 Å². The topological polar surface area (TPSA) is 33.6 Å². The molecule has 19 heavy (non-hydrogen) atoms. The number of aryl methyl sites for hydroxylation is 2. The Morgan fingerprint density at radius 1 is 1.21 bits per heavy atom. The third-order valence-electron chi connectivity index (χ3n) is 3.11. The van der Waals surface area contributed by atoms with Crippen LogP contribution >= 0.6 is 28.1 Å². The van der Waals surface area contributed by atoms with E-state index in [0.717, 1.165) is 33.2 Å². The summed E-state index contributed by atoms with van der Waals surface area (Å²) in [6, 6.07) is 10.2. The number of hydrogen-bond acceptors (Lipinski definition) is 2. The molecule has 3 aromatic rings. The molecule has 0 saturated heterocycles. The van der Waals surface area contributed by atoms with Gasteiger partial charge in [0.05, 0.1) is 11.0 Å². The lowest BCUT2D eigenvalue weighted by atomic mass is 10.2. The van der Waals surface area contributed by atoms with Gasteiger partial charge in [0.2, 0.25) is 0 Å². The molecule has 0 atom stereocenters. The number of rotatable bonds is 3. The third kappa shape index (κ3) is 2.62. The molecule has 1 aromatic carbocycles. The molecule has 0 radical (unpaired) electrons. The zero-order chi connectivity index (χ0) is 13.2. The Balaban J connectivity index is 1.93. The third-order valence-corrected chi connectivity index (χ3v) is 3.93. The Hall–Kier alpha value is -1.46. The van der Waals surface area contributed by atoms with Crippen LogP contribution in [0.2, 0.25) is 0 Å². The molecule has 2 aromatic heterocycles. The first-order chi connectivity index (χ1) is 9.24.